The molecule has 1 N–H and O–H groups in total. The number of carbonyl (C=O) groups excluding carboxylic acids is 1. The second-order valence-corrected chi connectivity index (χ2v) is 5.72. The molecule has 6 nitrogen and oxygen atoms in total. The number of oxazole rings is 1. The molecule has 1 amide bonds. The van der Waals surface area contributed by atoms with Gasteiger partial charge in [0.15, 0.2) is 12.1 Å². The molecule has 2 aliphatic rings. The Morgan fingerprint density at radius 2 is 2.35 bits per heavy atom. The molecule has 2 heterocycles. The van der Waals surface area contributed by atoms with Crippen molar-refractivity contribution in [2.75, 3.05) is 20.7 Å². The summed E-state index contributed by atoms with van der Waals surface area (Å²) >= 11 is 0. The van der Waals surface area contributed by atoms with Crippen molar-refractivity contribution in [2.24, 2.45) is 5.92 Å². The van der Waals surface area contributed by atoms with E-state index in [-0.39, 0.29) is 24.1 Å². The Morgan fingerprint density at radius 3 is 3.05 bits per heavy atom. The highest BCUT2D eigenvalue weighted by atomic mass is 16.5. The minimum atomic E-state index is -0.141. The Kier molecular flexibility index (Phi) is 3.52. The number of carbonyl (C=O) groups is 1. The van der Waals surface area contributed by atoms with Crippen LogP contribution in [0.4, 0.5) is 0 Å². The van der Waals surface area contributed by atoms with Crippen molar-refractivity contribution < 1.29 is 13.9 Å². The quantitative estimate of drug-likeness (QED) is 0.878. The molecule has 0 radical (unpaired) electrons. The zero-order chi connectivity index (χ0) is 14.3. The molecule has 1 aromatic heterocycles. The summed E-state index contributed by atoms with van der Waals surface area (Å²) in [7, 11) is 4.05. The number of aromatic nitrogens is 1. The normalized spacial score (nSPS) is 32.0. The van der Waals surface area contributed by atoms with Crippen LogP contribution in [0.1, 0.15) is 29.6 Å². The summed E-state index contributed by atoms with van der Waals surface area (Å²) in [5.74, 6) is 0.920. The van der Waals surface area contributed by atoms with E-state index in [0.29, 0.717) is 23.8 Å². The van der Waals surface area contributed by atoms with E-state index in [9.17, 15) is 4.79 Å². The highest BCUT2D eigenvalue weighted by molar-refractivity contribution is 5.93. The van der Waals surface area contributed by atoms with Gasteiger partial charge in [0.05, 0.1) is 18.2 Å². The van der Waals surface area contributed by atoms with Gasteiger partial charge < -0.3 is 19.4 Å². The van der Waals surface area contributed by atoms with Crippen LogP contribution >= 0.6 is 0 Å². The first-order valence-corrected chi connectivity index (χ1v) is 7.14. The van der Waals surface area contributed by atoms with Gasteiger partial charge in [-0.15, -0.1) is 0 Å². The number of likely N-dealkylation sites (N-methyl/N-ethyl adjacent to an activating group) is 1. The first-order chi connectivity index (χ1) is 9.63. The summed E-state index contributed by atoms with van der Waals surface area (Å²) < 4.78 is 11.0. The van der Waals surface area contributed by atoms with Crippen LogP contribution in [0.25, 0.3) is 0 Å². The fourth-order valence-electron chi connectivity index (χ4n) is 3.41. The van der Waals surface area contributed by atoms with Crippen molar-refractivity contribution in [3.8, 4) is 0 Å². The van der Waals surface area contributed by atoms with Crippen LogP contribution in [0.2, 0.25) is 0 Å². The molecule has 1 aliphatic carbocycles. The van der Waals surface area contributed by atoms with Crippen LogP contribution < -0.4 is 5.32 Å². The second kappa shape index (κ2) is 5.18. The Morgan fingerprint density at radius 1 is 1.55 bits per heavy atom. The van der Waals surface area contributed by atoms with Crippen LogP contribution in [0, 0.1) is 5.92 Å². The molecule has 1 saturated carbocycles. The van der Waals surface area contributed by atoms with Crippen LogP contribution in [0.5, 0.6) is 0 Å². The van der Waals surface area contributed by atoms with Gasteiger partial charge in [0, 0.05) is 18.9 Å². The SMILES string of the molecule is CCc1ocnc1C(=O)N[C@H]1[C@H]2CCO[C@H]2[C@@H]1N(C)C. The number of hydrogen-bond acceptors (Lipinski definition) is 5. The molecule has 110 valence electrons. The highest BCUT2D eigenvalue weighted by Crippen LogP contribution is 2.41. The predicted molar refractivity (Wildman–Crippen MR) is 72.5 cm³/mol. The van der Waals surface area contributed by atoms with Gasteiger partial charge in [-0.05, 0) is 20.5 Å². The maximum Gasteiger partial charge on any atom is 0.273 e. The summed E-state index contributed by atoms with van der Waals surface area (Å²) in [5, 5.41) is 3.11. The topological polar surface area (TPSA) is 67.6 Å². The Labute approximate surface area is 118 Å². The molecule has 1 aliphatic heterocycles. The molecule has 1 saturated heterocycles. The Balaban J connectivity index is 1.72. The van der Waals surface area contributed by atoms with Crippen molar-refractivity contribution >= 4 is 5.91 Å². The minimum Gasteiger partial charge on any atom is -0.448 e. The van der Waals surface area contributed by atoms with Gasteiger partial charge in [-0.25, -0.2) is 4.98 Å². The summed E-state index contributed by atoms with van der Waals surface area (Å²) in [4.78, 5) is 18.5. The monoisotopic (exact) mass is 279 g/mol. The first-order valence-electron chi connectivity index (χ1n) is 7.14. The van der Waals surface area contributed by atoms with E-state index in [1.54, 1.807) is 0 Å². The highest BCUT2D eigenvalue weighted by Gasteiger charge is 2.55. The third-order valence-corrected chi connectivity index (χ3v) is 4.42. The molecular formula is C14H21N3O3. The van der Waals surface area contributed by atoms with Crippen LogP contribution in [-0.4, -0.2) is 54.7 Å². The fraction of sp³-hybridized carbons (Fsp3) is 0.714. The summed E-state index contributed by atoms with van der Waals surface area (Å²) in [5.41, 5.74) is 0.410. The van der Waals surface area contributed by atoms with Gasteiger partial charge in [0.2, 0.25) is 0 Å². The van der Waals surface area contributed by atoms with E-state index in [0.717, 1.165) is 13.0 Å². The number of ether oxygens (including phenoxy) is 1. The molecule has 6 heteroatoms. The van der Waals surface area contributed by atoms with Gasteiger partial charge >= 0.3 is 0 Å². The molecule has 0 bridgehead atoms. The number of nitrogens with one attached hydrogen (secondary N) is 1. The van der Waals surface area contributed by atoms with E-state index < -0.39 is 0 Å². The molecular weight excluding hydrogens is 258 g/mol. The average Bonchev–Trinajstić information content (AvgIpc) is 3.01. The lowest BCUT2D eigenvalue weighted by Gasteiger charge is -2.50. The summed E-state index contributed by atoms with van der Waals surface area (Å²) in [6.45, 7) is 2.74. The van der Waals surface area contributed by atoms with Crippen molar-refractivity contribution in [3.05, 3.63) is 17.8 Å². The standard InChI is InChI=1S/C14H21N3O3/c1-4-9-11(15-7-20-9)14(18)16-10-8-5-6-19-13(8)12(10)17(2)3/h7-8,10,12-13H,4-6H2,1-3H3,(H,16,18)/t8-,10+,12-,13-/m1/s1. The predicted octanol–water partition coefficient (Wildman–Crippen LogP) is 0.684. The number of rotatable bonds is 4. The smallest absolute Gasteiger partial charge is 0.273 e. The number of hydrogen-bond donors (Lipinski definition) is 1. The molecule has 1 aromatic rings. The first kappa shape index (κ1) is 13.6. The molecule has 0 unspecified atom stereocenters. The van der Waals surface area contributed by atoms with E-state index in [1.807, 2.05) is 21.0 Å². The molecule has 0 spiro atoms. The number of nitrogens with zero attached hydrogens (tertiary/aromatic N) is 2. The van der Waals surface area contributed by atoms with Gasteiger partial charge in [0.25, 0.3) is 5.91 Å². The number of aryl methyl sites for hydroxylation is 1. The lowest BCUT2D eigenvalue weighted by molar-refractivity contribution is -0.0664. The molecule has 20 heavy (non-hydrogen) atoms. The zero-order valence-corrected chi connectivity index (χ0v) is 12.1. The van der Waals surface area contributed by atoms with Crippen LogP contribution in [-0.2, 0) is 11.2 Å². The van der Waals surface area contributed by atoms with Gasteiger partial charge in [-0.1, -0.05) is 6.92 Å². The van der Waals surface area contributed by atoms with Crippen molar-refractivity contribution in [3.63, 3.8) is 0 Å². The van der Waals surface area contributed by atoms with Gasteiger partial charge in [-0.2, -0.15) is 0 Å². The maximum atomic E-state index is 12.4. The van der Waals surface area contributed by atoms with E-state index in [4.69, 9.17) is 9.15 Å². The average molecular weight is 279 g/mol. The second-order valence-electron chi connectivity index (χ2n) is 5.72. The lowest BCUT2D eigenvalue weighted by Crippen LogP contribution is -2.69. The molecule has 0 aromatic carbocycles. The molecule has 2 fully saturated rings. The summed E-state index contributed by atoms with van der Waals surface area (Å²) in [6.07, 6.45) is 3.26. The zero-order valence-electron chi connectivity index (χ0n) is 12.1. The fourth-order valence-corrected chi connectivity index (χ4v) is 3.41. The van der Waals surface area contributed by atoms with Crippen LogP contribution in [0.15, 0.2) is 10.8 Å². The van der Waals surface area contributed by atoms with E-state index in [1.165, 1.54) is 6.39 Å². The minimum absolute atomic E-state index is 0.131. The van der Waals surface area contributed by atoms with Gasteiger partial charge in [0.1, 0.15) is 5.76 Å². The van der Waals surface area contributed by atoms with Crippen LogP contribution in [0.3, 0.4) is 0 Å². The third-order valence-electron chi connectivity index (χ3n) is 4.42. The number of fused-ring (bicyclic) bond motifs is 1. The Bertz CT molecular complexity index is 500. The Hall–Kier alpha value is -1.40. The largest absolute Gasteiger partial charge is 0.448 e. The summed E-state index contributed by atoms with van der Waals surface area (Å²) in [6, 6.07) is 0.370. The van der Waals surface area contributed by atoms with Crippen molar-refractivity contribution in [1.29, 1.82) is 0 Å². The number of amides is 1. The lowest BCUT2D eigenvalue weighted by atomic mass is 9.71. The van der Waals surface area contributed by atoms with E-state index in [2.05, 4.69) is 15.2 Å². The van der Waals surface area contributed by atoms with Crippen molar-refractivity contribution in [2.45, 2.75) is 38.0 Å². The van der Waals surface area contributed by atoms with Crippen molar-refractivity contribution in [1.82, 2.24) is 15.2 Å². The maximum absolute atomic E-state index is 12.4. The molecule has 3 rings (SSSR count). The third kappa shape index (κ3) is 2.03. The molecule has 4 atom stereocenters. The van der Waals surface area contributed by atoms with E-state index >= 15 is 0 Å². The van der Waals surface area contributed by atoms with Gasteiger partial charge in [-0.3, -0.25) is 4.79 Å².